The zero-order valence-electron chi connectivity index (χ0n) is 76.0. The molecule has 4 aliphatic heterocycles. The van der Waals surface area contributed by atoms with Gasteiger partial charge in [-0.3, -0.25) is 57.9 Å². The fraction of sp³-hybridized carbons (Fsp3) is 0.528. The van der Waals surface area contributed by atoms with E-state index in [0.29, 0.717) is 106 Å². The zero-order chi connectivity index (χ0) is 91.7. The standard InChI is InChI=1S/C36H46N2O3S.C35H43F2N3O4.C34H43F2N3O3.3CH4/c1-36(2,3)35(31-22-29(28-16-8-5-9-17-28)21-30(31)20-26-12-6-4-7-13-26)37(23-27-14-10-11-15-27)34(41)24-42-25-38-32(39)18-19-33(38)40;1-35(2,3)34(40(33(44)21-41)20-26-18-38-17-25(26)19-39-31(42)11-12-32(39)43)29-15-24(28-16-27(36)9-10-30(28)37)14-23(29)13-22-7-5-4-6-8-22;1-34(2,3)33(39(18-8-16-37)30(40)11-7-17-38-31(41)14-15-32(38)42)28-21-25(27-22-26(35)12-13-29(27)36)20-24(28)19-23-9-5-4-6-10-23;;;/h4-9,12-13,16-19,27,29-31,35H,10-11,14-15,20-25H2,1-3H3;4-12,16,23-26,29,34,38,41H,13-15,17-21H2,1-3H3;4-6,9-10,12-15,22,24-25,28,33H,7-8,11,16-21,37H2,1-3H3;3*1H4/t29?,30?,31?,35-;23?,24?,25?,26?,29?,34-;24?,25?,28?,33-;;;/m000.../s1. The lowest BCUT2D eigenvalue weighted by atomic mass is 9.72. The molecule has 4 aliphatic carbocycles. The molecule has 710 valence electrons. The number of nitrogens with one attached hydrogen (secondary N) is 1. The normalized spacial score (nSPS) is 23.1. The molecule has 4 N–H and O–H groups in total. The molecule has 18 nitrogen and oxygen atoms in total. The number of aliphatic hydroxyl groups excluding tert-OH is 1. The summed E-state index contributed by atoms with van der Waals surface area (Å²) in [4.78, 5) is 124. The second-order valence-corrected chi connectivity index (χ2v) is 41.1. The molecule has 0 bridgehead atoms. The van der Waals surface area contributed by atoms with Gasteiger partial charge in [0.05, 0.1) is 11.6 Å². The van der Waals surface area contributed by atoms with Gasteiger partial charge in [-0.1, -0.05) is 219 Å². The van der Waals surface area contributed by atoms with E-state index in [9.17, 15) is 57.0 Å². The highest BCUT2D eigenvalue weighted by atomic mass is 32.2. The van der Waals surface area contributed by atoms with E-state index >= 15 is 8.78 Å². The van der Waals surface area contributed by atoms with Crippen LogP contribution in [0.4, 0.5) is 17.6 Å². The van der Waals surface area contributed by atoms with Gasteiger partial charge >= 0.3 is 0 Å². The highest BCUT2D eigenvalue weighted by molar-refractivity contribution is 7.99. The Morgan fingerprint density at radius 1 is 0.458 bits per heavy atom. The third-order valence-electron chi connectivity index (χ3n) is 28.1. The number of aliphatic hydroxyl groups is 1. The summed E-state index contributed by atoms with van der Waals surface area (Å²) in [6.07, 6.45) is 21.0. The molecule has 14 rings (SSSR count). The molecule has 0 radical (unpaired) electrons. The Morgan fingerprint density at radius 3 is 1.27 bits per heavy atom. The number of benzene rings is 6. The van der Waals surface area contributed by atoms with Crippen LogP contribution in [-0.4, -0.2) is 176 Å². The van der Waals surface area contributed by atoms with Crippen molar-refractivity contribution < 1.29 is 65.8 Å². The van der Waals surface area contributed by atoms with E-state index in [0.717, 1.165) is 61.2 Å². The Kier molecular flexibility index (Phi) is 38.3. The predicted octanol–water partition coefficient (Wildman–Crippen LogP) is 18.9. The summed E-state index contributed by atoms with van der Waals surface area (Å²) in [6, 6.07) is 48.9. The van der Waals surface area contributed by atoms with E-state index in [1.807, 2.05) is 46.2 Å². The maximum absolute atomic E-state index is 15.1. The molecule has 8 aliphatic rings. The minimum Gasteiger partial charge on any atom is -0.387 e. The first-order valence-corrected chi connectivity index (χ1v) is 47.5. The maximum atomic E-state index is 15.1. The van der Waals surface area contributed by atoms with Gasteiger partial charge in [0.15, 0.2) is 0 Å². The topological polar surface area (TPSA) is 231 Å². The number of hydrogen-bond acceptors (Lipinski definition) is 13. The highest BCUT2D eigenvalue weighted by Crippen LogP contribution is 2.55. The lowest BCUT2D eigenvalue weighted by molar-refractivity contribution is -0.143. The van der Waals surface area contributed by atoms with Crippen LogP contribution in [0.2, 0.25) is 0 Å². The third-order valence-corrected chi connectivity index (χ3v) is 29.0. The fourth-order valence-corrected chi connectivity index (χ4v) is 23.5. The summed E-state index contributed by atoms with van der Waals surface area (Å²) in [7, 11) is 0. The van der Waals surface area contributed by atoms with E-state index in [4.69, 9.17) is 5.73 Å². The molecule has 4 heterocycles. The molecule has 9 amide bonds. The van der Waals surface area contributed by atoms with Crippen molar-refractivity contribution in [2.45, 2.75) is 223 Å². The minimum atomic E-state index is -0.650. The Balaban J connectivity index is 0.000000219. The molecule has 0 spiro atoms. The molecule has 6 aromatic rings. The SMILES string of the molecule is C.C.C.CC(C)(C)[C@H](C1CC(c2cc(F)ccc2F)CC1Cc1ccccc1)N(CC1CNCC1CN1C(=O)C=CC1=O)C(=O)CO.CC(C)(C)[C@H](C1CC(c2cc(F)ccc2F)CC1Cc1ccccc1)N(CCCN)C(=O)CCCN1C(=O)C=CC1=O.CC(C)(C)[C@H](C1CC(c2ccccc2)CC1Cc1ccccc1)N(CC1CCCC1)C(=O)CSCN1C(=O)C=CC1=O. The zero-order valence-corrected chi connectivity index (χ0v) is 76.8. The first-order valence-electron chi connectivity index (χ1n) is 46.3. The second-order valence-electron chi connectivity index (χ2n) is 40.1. The largest absolute Gasteiger partial charge is 0.387 e. The summed E-state index contributed by atoms with van der Waals surface area (Å²) in [5.74, 6) is -1.98. The number of rotatable bonds is 33. The Labute approximate surface area is 780 Å². The van der Waals surface area contributed by atoms with Gasteiger partial charge in [0.2, 0.25) is 17.7 Å². The van der Waals surface area contributed by atoms with Crippen molar-refractivity contribution in [1.29, 1.82) is 0 Å². The minimum absolute atomic E-state index is 0. The molecule has 23 heteroatoms. The van der Waals surface area contributed by atoms with Crippen molar-refractivity contribution in [3.8, 4) is 0 Å². The lowest BCUT2D eigenvalue weighted by Gasteiger charge is -2.47. The van der Waals surface area contributed by atoms with Crippen molar-refractivity contribution in [2.24, 2.45) is 75.2 Å². The Morgan fingerprint density at radius 2 is 0.847 bits per heavy atom. The van der Waals surface area contributed by atoms with Gasteiger partial charge in [-0.05, 0) is 247 Å². The molecule has 11 unspecified atom stereocenters. The molecule has 5 fully saturated rings. The van der Waals surface area contributed by atoms with E-state index in [1.54, 1.807) is 0 Å². The van der Waals surface area contributed by atoms with Crippen LogP contribution in [0.1, 0.15) is 219 Å². The number of carbonyl (C=O) groups is 9. The third kappa shape index (κ3) is 27.3. The summed E-state index contributed by atoms with van der Waals surface area (Å²) >= 11 is 1.38. The van der Waals surface area contributed by atoms with Crippen LogP contribution in [0.5, 0.6) is 0 Å². The number of halogens is 4. The highest BCUT2D eigenvalue weighted by Gasteiger charge is 2.52. The van der Waals surface area contributed by atoms with Crippen molar-refractivity contribution in [1.82, 2.24) is 34.7 Å². The van der Waals surface area contributed by atoms with Gasteiger partial charge in [-0.15, -0.1) is 11.8 Å². The van der Waals surface area contributed by atoms with Crippen LogP contribution in [0.3, 0.4) is 0 Å². The van der Waals surface area contributed by atoms with Gasteiger partial charge in [-0.25, -0.2) is 17.6 Å². The first kappa shape index (κ1) is 105. The second kappa shape index (κ2) is 47.8. The van der Waals surface area contributed by atoms with Crippen LogP contribution in [-0.2, 0) is 62.4 Å². The Hall–Kier alpha value is -9.68. The quantitative estimate of drug-likeness (QED) is 0.0257. The average Bonchev–Trinajstić information content (AvgIpc) is 1.68. The monoisotopic (exact) mass is 1820 g/mol. The van der Waals surface area contributed by atoms with E-state index < -0.39 is 35.3 Å². The smallest absolute Gasteiger partial charge is 0.254 e. The summed E-state index contributed by atoms with van der Waals surface area (Å²) < 4.78 is 58.7. The van der Waals surface area contributed by atoms with Crippen molar-refractivity contribution in [2.75, 3.05) is 70.6 Å². The van der Waals surface area contributed by atoms with Crippen molar-refractivity contribution in [3.05, 3.63) is 251 Å². The summed E-state index contributed by atoms with van der Waals surface area (Å²) in [5, 5.41) is 13.6. The predicted molar refractivity (Wildman–Crippen MR) is 513 cm³/mol. The van der Waals surface area contributed by atoms with Gasteiger partial charge in [-0.2, -0.15) is 0 Å². The lowest BCUT2D eigenvalue weighted by Crippen LogP contribution is -2.55. The average molecular weight is 1820 g/mol. The maximum Gasteiger partial charge on any atom is 0.254 e. The fourth-order valence-electron chi connectivity index (χ4n) is 22.6. The van der Waals surface area contributed by atoms with Crippen LogP contribution in [0.15, 0.2) is 194 Å². The van der Waals surface area contributed by atoms with Gasteiger partial charge in [0.25, 0.3) is 35.4 Å². The number of nitrogens with zero attached hydrogens (tertiary/aromatic N) is 6. The molecule has 131 heavy (non-hydrogen) atoms. The molecule has 4 saturated carbocycles. The number of nitrogens with two attached hydrogens (primary N) is 1. The molecule has 0 aromatic heterocycles. The molecular formula is C108H144F4N8O10S. The molecular weight excluding hydrogens is 1680 g/mol. The van der Waals surface area contributed by atoms with Gasteiger partial charge in [0, 0.05) is 107 Å². The number of imide groups is 3. The molecule has 14 atom stereocenters. The van der Waals surface area contributed by atoms with Gasteiger partial charge < -0.3 is 30.9 Å². The number of carbonyl (C=O) groups excluding carboxylic acids is 9. The van der Waals surface area contributed by atoms with E-state index in [1.165, 1.54) is 125 Å². The van der Waals surface area contributed by atoms with Crippen molar-refractivity contribution >= 4 is 64.9 Å². The van der Waals surface area contributed by atoms with E-state index in [-0.39, 0.29) is 183 Å². The summed E-state index contributed by atoms with van der Waals surface area (Å²) in [5.41, 5.74) is 10.9. The Bertz CT molecular complexity index is 4840. The molecule has 6 aromatic carbocycles. The number of thioether (sulfide) groups is 1. The van der Waals surface area contributed by atoms with Crippen LogP contribution in [0.25, 0.3) is 0 Å². The summed E-state index contributed by atoms with van der Waals surface area (Å²) in [6.45, 7) is 22.6. The van der Waals surface area contributed by atoms with Gasteiger partial charge in [0.1, 0.15) is 29.9 Å². The van der Waals surface area contributed by atoms with Crippen LogP contribution in [0, 0.1) is 92.8 Å². The van der Waals surface area contributed by atoms with Crippen LogP contribution < -0.4 is 11.1 Å². The number of amides is 9. The molecule has 1 saturated heterocycles. The first-order chi connectivity index (χ1) is 61.1. The van der Waals surface area contributed by atoms with E-state index in [2.05, 4.69) is 157 Å². The van der Waals surface area contributed by atoms with Crippen LogP contribution >= 0.6 is 11.8 Å². The number of hydrogen-bond donors (Lipinski definition) is 3. The van der Waals surface area contributed by atoms with Crippen molar-refractivity contribution in [3.63, 3.8) is 0 Å².